The van der Waals surface area contributed by atoms with Gasteiger partial charge in [0.1, 0.15) is 4.60 Å². The fourth-order valence-electron chi connectivity index (χ4n) is 2.05. The summed E-state index contributed by atoms with van der Waals surface area (Å²) in [5.74, 6) is 0. The van der Waals surface area contributed by atoms with Gasteiger partial charge in [-0.15, -0.1) is 11.3 Å². The number of hydrogen-bond donors (Lipinski definition) is 0. The highest BCUT2D eigenvalue weighted by Gasteiger charge is 2.22. The molecule has 0 bridgehead atoms. The monoisotopic (exact) mass is 274 g/mol. The molecule has 1 saturated heterocycles. The number of aromatic nitrogens is 1. The second-order valence-corrected chi connectivity index (χ2v) is 5.35. The second-order valence-electron chi connectivity index (χ2n) is 3.70. The summed E-state index contributed by atoms with van der Waals surface area (Å²) >= 11 is 5.16. The lowest BCUT2D eigenvalue weighted by Gasteiger charge is -2.34. The molecule has 1 fully saturated rings. The van der Waals surface area contributed by atoms with Gasteiger partial charge >= 0.3 is 0 Å². The standard InChI is InChI=1S/C10H15BrN2S/c1-2-8-5-3-4-6-13(8)10-12-9(11)7-14-10/h7-8H,2-6H2,1H3. The van der Waals surface area contributed by atoms with Gasteiger partial charge in [-0.25, -0.2) is 4.98 Å². The normalized spacial score (nSPS) is 22.7. The van der Waals surface area contributed by atoms with Gasteiger partial charge in [-0.05, 0) is 41.6 Å². The molecule has 0 N–H and O–H groups in total. The predicted molar refractivity (Wildman–Crippen MR) is 65.1 cm³/mol. The van der Waals surface area contributed by atoms with Crippen LogP contribution in [0.25, 0.3) is 0 Å². The average Bonchev–Trinajstić information content (AvgIpc) is 2.65. The van der Waals surface area contributed by atoms with Crippen LogP contribution in [0.3, 0.4) is 0 Å². The molecule has 0 amide bonds. The van der Waals surface area contributed by atoms with Gasteiger partial charge in [0.05, 0.1) is 0 Å². The summed E-state index contributed by atoms with van der Waals surface area (Å²) in [5.41, 5.74) is 0. The van der Waals surface area contributed by atoms with Crippen molar-refractivity contribution < 1.29 is 0 Å². The van der Waals surface area contributed by atoms with E-state index in [1.165, 1.54) is 37.4 Å². The molecular weight excluding hydrogens is 260 g/mol. The lowest BCUT2D eigenvalue weighted by Crippen LogP contribution is -2.39. The largest absolute Gasteiger partial charge is 0.345 e. The van der Waals surface area contributed by atoms with Crippen molar-refractivity contribution in [3.63, 3.8) is 0 Å². The molecular formula is C10H15BrN2S. The van der Waals surface area contributed by atoms with E-state index < -0.39 is 0 Å². The third kappa shape index (κ3) is 2.11. The Labute approximate surface area is 97.5 Å². The van der Waals surface area contributed by atoms with Gasteiger partial charge in [-0.1, -0.05) is 6.92 Å². The van der Waals surface area contributed by atoms with Crippen molar-refractivity contribution in [3.05, 3.63) is 9.98 Å². The van der Waals surface area contributed by atoms with Gasteiger partial charge in [0, 0.05) is 18.0 Å². The Morgan fingerprint density at radius 2 is 2.50 bits per heavy atom. The molecule has 1 aliphatic rings. The number of nitrogens with zero attached hydrogens (tertiary/aromatic N) is 2. The van der Waals surface area contributed by atoms with Crippen LogP contribution in [-0.2, 0) is 0 Å². The summed E-state index contributed by atoms with van der Waals surface area (Å²) in [6, 6.07) is 0.710. The van der Waals surface area contributed by atoms with Gasteiger partial charge in [0.15, 0.2) is 5.13 Å². The van der Waals surface area contributed by atoms with Crippen LogP contribution in [0.1, 0.15) is 32.6 Å². The first-order valence-corrected chi connectivity index (χ1v) is 6.86. The van der Waals surface area contributed by atoms with Crippen LogP contribution in [0.2, 0.25) is 0 Å². The Hall–Kier alpha value is -0.0900. The molecule has 0 saturated carbocycles. The van der Waals surface area contributed by atoms with Gasteiger partial charge in [-0.3, -0.25) is 0 Å². The van der Waals surface area contributed by atoms with E-state index in [9.17, 15) is 0 Å². The molecule has 1 unspecified atom stereocenters. The van der Waals surface area contributed by atoms with Crippen LogP contribution >= 0.6 is 27.3 Å². The minimum absolute atomic E-state index is 0.710. The summed E-state index contributed by atoms with van der Waals surface area (Å²) in [4.78, 5) is 6.96. The fraction of sp³-hybridized carbons (Fsp3) is 0.700. The smallest absolute Gasteiger partial charge is 0.186 e. The first kappa shape index (κ1) is 10.4. The molecule has 78 valence electrons. The molecule has 0 aromatic carbocycles. The number of piperidine rings is 1. The zero-order chi connectivity index (χ0) is 9.97. The average molecular weight is 275 g/mol. The number of rotatable bonds is 2. The van der Waals surface area contributed by atoms with E-state index in [1.807, 2.05) is 0 Å². The predicted octanol–water partition coefficient (Wildman–Crippen LogP) is 3.67. The Balaban J connectivity index is 2.14. The Morgan fingerprint density at radius 3 is 3.14 bits per heavy atom. The molecule has 2 nitrogen and oxygen atoms in total. The highest BCUT2D eigenvalue weighted by atomic mass is 79.9. The summed E-state index contributed by atoms with van der Waals surface area (Å²) in [6.07, 6.45) is 5.25. The van der Waals surface area contributed by atoms with Crippen molar-refractivity contribution in [2.45, 2.75) is 38.6 Å². The first-order chi connectivity index (χ1) is 6.81. The fourth-order valence-corrected chi connectivity index (χ4v) is 3.40. The highest BCUT2D eigenvalue weighted by Crippen LogP contribution is 2.30. The Bertz CT molecular complexity index is 300. The van der Waals surface area contributed by atoms with E-state index in [0.29, 0.717) is 6.04 Å². The van der Waals surface area contributed by atoms with Crippen molar-refractivity contribution in [3.8, 4) is 0 Å². The molecule has 1 atom stereocenters. The molecule has 14 heavy (non-hydrogen) atoms. The minimum atomic E-state index is 0.710. The van der Waals surface area contributed by atoms with Gasteiger partial charge in [0.2, 0.25) is 0 Å². The van der Waals surface area contributed by atoms with E-state index in [1.54, 1.807) is 11.3 Å². The summed E-state index contributed by atoms with van der Waals surface area (Å²) in [6.45, 7) is 3.45. The lowest BCUT2D eigenvalue weighted by molar-refractivity contribution is 0.449. The number of anilines is 1. The van der Waals surface area contributed by atoms with Gasteiger partial charge < -0.3 is 4.90 Å². The number of hydrogen-bond acceptors (Lipinski definition) is 3. The highest BCUT2D eigenvalue weighted by molar-refractivity contribution is 9.10. The van der Waals surface area contributed by atoms with Crippen LogP contribution in [0.5, 0.6) is 0 Å². The van der Waals surface area contributed by atoms with E-state index in [2.05, 4.69) is 38.1 Å². The van der Waals surface area contributed by atoms with Crippen LogP contribution in [0.4, 0.5) is 5.13 Å². The summed E-state index contributed by atoms with van der Waals surface area (Å²) < 4.78 is 0.970. The topological polar surface area (TPSA) is 16.1 Å². The van der Waals surface area contributed by atoms with Crippen molar-refractivity contribution in [1.82, 2.24) is 4.98 Å². The maximum Gasteiger partial charge on any atom is 0.186 e. The third-order valence-electron chi connectivity index (χ3n) is 2.81. The molecule has 2 rings (SSSR count). The van der Waals surface area contributed by atoms with E-state index in [4.69, 9.17) is 0 Å². The first-order valence-electron chi connectivity index (χ1n) is 5.19. The van der Waals surface area contributed by atoms with E-state index in [0.717, 1.165) is 4.60 Å². The molecule has 0 aliphatic carbocycles. The second kappa shape index (κ2) is 4.62. The quantitative estimate of drug-likeness (QED) is 0.818. The van der Waals surface area contributed by atoms with Gasteiger partial charge in [-0.2, -0.15) is 0 Å². The Kier molecular flexibility index (Phi) is 3.44. The van der Waals surface area contributed by atoms with Crippen molar-refractivity contribution >= 4 is 32.4 Å². The molecule has 1 aliphatic heterocycles. The lowest BCUT2D eigenvalue weighted by atomic mass is 10.0. The zero-order valence-corrected chi connectivity index (χ0v) is 10.8. The molecule has 1 aromatic heterocycles. The summed E-state index contributed by atoms with van der Waals surface area (Å²) in [7, 11) is 0. The van der Waals surface area contributed by atoms with E-state index in [-0.39, 0.29) is 0 Å². The molecule has 4 heteroatoms. The maximum absolute atomic E-state index is 4.49. The molecule has 0 radical (unpaired) electrons. The van der Waals surface area contributed by atoms with Crippen molar-refractivity contribution in [1.29, 1.82) is 0 Å². The van der Waals surface area contributed by atoms with Crippen LogP contribution in [0.15, 0.2) is 9.98 Å². The van der Waals surface area contributed by atoms with E-state index >= 15 is 0 Å². The van der Waals surface area contributed by atoms with Crippen LogP contribution in [-0.4, -0.2) is 17.6 Å². The van der Waals surface area contributed by atoms with Crippen molar-refractivity contribution in [2.24, 2.45) is 0 Å². The molecule has 0 spiro atoms. The number of halogens is 1. The number of thiazole rings is 1. The van der Waals surface area contributed by atoms with Crippen LogP contribution < -0.4 is 4.90 Å². The molecule has 1 aromatic rings. The minimum Gasteiger partial charge on any atom is -0.345 e. The van der Waals surface area contributed by atoms with Crippen LogP contribution in [0, 0.1) is 0 Å². The zero-order valence-electron chi connectivity index (χ0n) is 8.37. The molecule has 2 heterocycles. The maximum atomic E-state index is 4.49. The third-order valence-corrected chi connectivity index (χ3v) is 4.40. The summed E-state index contributed by atoms with van der Waals surface area (Å²) in [5, 5.41) is 3.25. The SMILES string of the molecule is CCC1CCCCN1c1nc(Br)cs1. The van der Waals surface area contributed by atoms with Crippen molar-refractivity contribution in [2.75, 3.05) is 11.4 Å². The van der Waals surface area contributed by atoms with Gasteiger partial charge in [0.25, 0.3) is 0 Å². The Morgan fingerprint density at radius 1 is 1.64 bits per heavy atom.